The molecule has 4 heteroatoms. The van der Waals surface area contributed by atoms with Gasteiger partial charge < -0.3 is 10.2 Å². The molecule has 110 valence electrons. The molecule has 0 radical (unpaired) electrons. The molecule has 21 heavy (non-hydrogen) atoms. The summed E-state index contributed by atoms with van der Waals surface area (Å²) >= 11 is 3.43. The van der Waals surface area contributed by atoms with Crippen LogP contribution in [0.4, 0.5) is 11.4 Å². The zero-order chi connectivity index (χ0) is 14.8. The Hall–Kier alpha value is -1.55. The normalized spacial score (nSPS) is 14.0. The van der Waals surface area contributed by atoms with Crippen LogP contribution < -0.4 is 10.2 Å². The molecule has 0 unspecified atom stereocenters. The number of hydrogen-bond donors (Lipinski definition) is 1. The number of fused-ring (bicyclic) bond motifs is 1. The van der Waals surface area contributed by atoms with Gasteiger partial charge in [-0.1, -0.05) is 12.1 Å². The van der Waals surface area contributed by atoms with Gasteiger partial charge >= 0.3 is 0 Å². The lowest BCUT2D eigenvalue weighted by Gasteiger charge is -2.27. The summed E-state index contributed by atoms with van der Waals surface area (Å²) in [5, 5.41) is 3.45. The predicted octanol–water partition coefficient (Wildman–Crippen LogP) is 4.15. The number of pyridine rings is 1. The third-order valence-corrected chi connectivity index (χ3v) is 4.84. The number of nitrogens with one attached hydrogen (secondary N) is 1. The van der Waals surface area contributed by atoms with E-state index < -0.39 is 0 Å². The lowest BCUT2D eigenvalue weighted by molar-refractivity contribution is 0.743. The standard InChI is InChI=1S/C17H20BrN3/c1-12-8-15(11-20-17(12)18)19-10-13-5-6-16-14(9-13)4-3-7-21(16)2/h5-6,8-9,11,19H,3-4,7,10H2,1-2H3. The molecule has 3 nitrogen and oxygen atoms in total. The van der Waals surface area contributed by atoms with Crippen LogP contribution >= 0.6 is 15.9 Å². The van der Waals surface area contributed by atoms with Gasteiger partial charge in [0.25, 0.3) is 0 Å². The van der Waals surface area contributed by atoms with Gasteiger partial charge in [-0.05, 0) is 64.5 Å². The van der Waals surface area contributed by atoms with Crippen molar-refractivity contribution in [2.75, 3.05) is 23.8 Å². The second-order valence-corrected chi connectivity index (χ2v) is 6.42. The molecule has 0 atom stereocenters. The van der Waals surface area contributed by atoms with Gasteiger partial charge in [0.2, 0.25) is 0 Å². The van der Waals surface area contributed by atoms with E-state index in [1.165, 1.54) is 29.7 Å². The van der Waals surface area contributed by atoms with Gasteiger partial charge in [0, 0.05) is 25.8 Å². The summed E-state index contributed by atoms with van der Waals surface area (Å²) in [5.74, 6) is 0. The van der Waals surface area contributed by atoms with E-state index in [9.17, 15) is 0 Å². The molecule has 2 heterocycles. The summed E-state index contributed by atoms with van der Waals surface area (Å²) in [6.07, 6.45) is 4.30. The maximum Gasteiger partial charge on any atom is 0.109 e. The fourth-order valence-corrected chi connectivity index (χ4v) is 3.02. The lowest BCUT2D eigenvalue weighted by atomic mass is 9.99. The van der Waals surface area contributed by atoms with Crippen LogP contribution in [0.5, 0.6) is 0 Å². The van der Waals surface area contributed by atoms with Crippen LogP contribution in [0.25, 0.3) is 0 Å². The molecule has 0 saturated carbocycles. The van der Waals surface area contributed by atoms with Gasteiger partial charge in [0.15, 0.2) is 0 Å². The zero-order valence-corrected chi connectivity index (χ0v) is 14.1. The minimum Gasteiger partial charge on any atom is -0.380 e. The second kappa shape index (κ2) is 6.06. The van der Waals surface area contributed by atoms with Crippen molar-refractivity contribution in [3.63, 3.8) is 0 Å². The first-order valence-electron chi connectivity index (χ1n) is 7.32. The molecular weight excluding hydrogens is 326 g/mol. The second-order valence-electron chi connectivity index (χ2n) is 5.67. The molecule has 1 aliphatic rings. The van der Waals surface area contributed by atoms with Crippen LogP contribution in [0, 0.1) is 6.92 Å². The van der Waals surface area contributed by atoms with Gasteiger partial charge in [0.05, 0.1) is 11.9 Å². The molecule has 0 fully saturated rings. The molecule has 0 saturated heterocycles. The number of hydrogen-bond acceptors (Lipinski definition) is 3. The van der Waals surface area contributed by atoms with Crippen LogP contribution in [0.3, 0.4) is 0 Å². The first-order valence-corrected chi connectivity index (χ1v) is 8.12. The van der Waals surface area contributed by atoms with Crippen LogP contribution in [0.2, 0.25) is 0 Å². The van der Waals surface area contributed by atoms with Gasteiger partial charge in [-0.15, -0.1) is 0 Å². The Balaban J connectivity index is 1.72. The first-order chi connectivity index (χ1) is 10.1. The Labute approximate surface area is 134 Å². The summed E-state index contributed by atoms with van der Waals surface area (Å²) < 4.78 is 0.907. The van der Waals surface area contributed by atoms with Crippen LogP contribution in [0.1, 0.15) is 23.1 Å². The minimum atomic E-state index is 0.833. The smallest absolute Gasteiger partial charge is 0.109 e. The van der Waals surface area contributed by atoms with E-state index in [4.69, 9.17) is 0 Å². The highest BCUT2D eigenvalue weighted by Crippen LogP contribution is 2.27. The van der Waals surface area contributed by atoms with E-state index in [1.807, 2.05) is 6.20 Å². The van der Waals surface area contributed by atoms with Gasteiger partial charge in [0.1, 0.15) is 4.60 Å². The lowest BCUT2D eigenvalue weighted by Crippen LogP contribution is -2.24. The highest BCUT2D eigenvalue weighted by Gasteiger charge is 2.13. The Bertz CT molecular complexity index is 654. The zero-order valence-electron chi connectivity index (χ0n) is 12.5. The molecule has 2 aromatic rings. The average molecular weight is 346 g/mol. The molecule has 1 N–H and O–H groups in total. The molecule has 1 aliphatic heterocycles. The maximum absolute atomic E-state index is 4.32. The molecule has 0 bridgehead atoms. The average Bonchev–Trinajstić information content (AvgIpc) is 2.49. The first kappa shape index (κ1) is 14.4. The Morgan fingerprint density at radius 2 is 2.19 bits per heavy atom. The SMILES string of the molecule is Cc1cc(NCc2ccc3c(c2)CCCN3C)cnc1Br. The number of aromatic nitrogens is 1. The fraction of sp³-hybridized carbons (Fsp3) is 0.353. The summed E-state index contributed by atoms with van der Waals surface area (Å²) in [4.78, 5) is 6.66. The maximum atomic E-state index is 4.32. The minimum absolute atomic E-state index is 0.833. The van der Waals surface area contributed by atoms with Gasteiger partial charge in [-0.2, -0.15) is 0 Å². The fourth-order valence-electron chi connectivity index (χ4n) is 2.81. The van der Waals surface area contributed by atoms with E-state index in [1.54, 1.807) is 0 Å². The number of halogens is 1. The third-order valence-electron chi connectivity index (χ3n) is 4.01. The predicted molar refractivity (Wildman–Crippen MR) is 92.0 cm³/mol. The molecule has 1 aromatic carbocycles. The molecule has 0 spiro atoms. The van der Waals surface area contributed by atoms with Crippen molar-refractivity contribution in [2.24, 2.45) is 0 Å². The molecule has 0 aliphatic carbocycles. The monoisotopic (exact) mass is 345 g/mol. The van der Waals surface area contributed by atoms with Crippen molar-refractivity contribution in [1.82, 2.24) is 4.98 Å². The molecule has 1 aromatic heterocycles. The van der Waals surface area contributed by atoms with E-state index >= 15 is 0 Å². The topological polar surface area (TPSA) is 28.2 Å². The van der Waals surface area contributed by atoms with Crippen LogP contribution in [0.15, 0.2) is 35.1 Å². The molecule has 0 amide bonds. The quantitative estimate of drug-likeness (QED) is 0.847. The Morgan fingerprint density at radius 3 is 3.00 bits per heavy atom. The van der Waals surface area contributed by atoms with Crippen molar-refractivity contribution < 1.29 is 0 Å². The van der Waals surface area contributed by atoms with Crippen LogP contribution in [-0.4, -0.2) is 18.6 Å². The third kappa shape index (κ3) is 3.21. The van der Waals surface area contributed by atoms with Crippen molar-refractivity contribution >= 4 is 27.3 Å². The van der Waals surface area contributed by atoms with E-state index in [0.29, 0.717) is 0 Å². The molecular formula is C17H20BrN3. The van der Waals surface area contributed by atoms with E-state index in [-0.39, 0.29) is 0 Å². The van der Waals surface area contributed by atoms with Gasteiger partial charge in [-0.3, -0.25) is 0 Å². The summed E-state index contributed by atoms with van der Waals surface area (Å²) in [6, 6.07) is 8.91. The number of rotatable bonds is 3. The number of aryl methyl sites for hydroxylation is 2. The number of benzene rings is 1. The van der Waals surface area contributed by atoms with Crippen molar-refractivity contribution in [1.29, 1.82) is 0 Å². The number of nitrogens with zero attached hydrogens (tertiary/aromatic N) is 2. The highest BCUT2D eigenvalue weighted by atomic mass is 79.9. The van der Waals surface area contributed by atoms with Crippen LogP contribution in [-0.2, 0) is 13.0 Å². The summed E-state index contributed by atoms with van der Waals surface area (Å²) in [7, 11) is 2.17. The largest absolute Gasteiger partial charge is 0.380 e. The van der Waals surface area contributed by atoms with Crippen molar-refractivity contribution in [2.45, 2.75) is 26.3 Å². The summed E-state index contributed by atoms with van der Waals surface area (Å²) in [5.41, 5.74) is 6.38. The van der Waals surface area contributed by atoms with Crippen molar-refractivity contribution in [3.05, 3.63) is 51.8 Å². The van der Waals surface area contributed by atoms with Crippen molar-refractivity contribution in [3.8, 4) is 0 Å². The Kier molecular flexibility index (Phi) is 4.15. The van der Waals surface area contributed by atoms with E-state index in [0.717, 1.165) is 28.9 Å². The summed E-state index contributed by atoms with van der Waals surface area (Å²) in [6.45, 7) is 4.05. The highest BCUT2D eigenvalue weighted by molar-refractivity contribution is 9.10. The Morgan fingerprint density at radius 1 is 1.33 bits per heavy atom. The van der Waals surface area contributed by atoms with E-state index in [2.05, 4.69) is 69.4 Å². The van der Waals surface area contributed by atoms with Gasteiger partial charge in [-0.25, -0.2) is 4.98 Å². The molecule has 3 rings (SSSR count). The number of anilines is 2.